The Morgan fingerprint density at radius 2 is 2.21 bits per heavy atom. The third-order valence-electron chi connectivity index (χ3n) is 4.02. The molecule has 1 aromatic heterocycles. The second-order valence-corrected chi connectivity index (χ2v) is 5.82. The van der Waals surface area contributed by atoms with E-state index in [1.807, 2.05) is 0 Å². The number of rotatable bonds is 3. The van der Waals surface area contributed by atoms with E-state index >= 15 is 0 Å². The minimum Gasteiger partial charge on any atom is -0.350 e. The number of hydrogen-bond donors (Lipinski definition) is 0. The molecule has 0 spiro atoms. The zero-order valence-corrected chi connectivity index (χ0v) is 11.5. The van der Waals surface area contributed by atoms with Crippen LogP contribution >= 0.6 is 0 Å². The first-order valence-electron chi connectivity index (χ1n) is 6.99. The fourth-order valence-corrected chi connectivity index (χ4v) is 3.28. The lowest BCUT2D eigenvalue weighted by Gasteiger charge is -2.26. The van der Waals surface area contributed by atoms with Crippen LogP contribution in [0.2, 0.25) is 0 Å². The van der Waals surface area contributed by atoms with Gasteiger partial charge in [0.25, 0.3) is 0 Å². The molecule has 0 unspecified atom stereocenters. The topological polar surface area (TPSA) is 49.3 Å². The fraction of sp³-hybridized carbons (Fsp3) is 0.643. The Morgan fingerprint density at radius 1 is 1.37 bits per heavy atom. The van der Waals surface area contributed by atoms with E-state index in [1.54, 1.807) is 18.6 Å². The van der Waals surface area contributed by atoms with Crippen molar-refractivity contribution < 1.29 is 4.79 Å². The van der Waals surface area contributed by atoms with Gasteiger partial charge in [-0.05, 0) is 12.3 Å². The molecule has 5 nitrogen and oxygen atoms in total. The highest BCUT2D eigenvalue weighted by Crippen LogP contribution is 2.34. The molecular weight excluding hydrogens is 240 g/mol. The van der Waals surface area contributed by atoms with Crippen LogP contribution in [0.5, 0.6) is 0 Å². The Balaban J connectivity index is 1.79. The van der Waals surface area contributed by atoms with Crippen LogP contribution in [0.1, 0.15) is 26.7 Å². The van der Waals surface area contributed by atoms with Crippen LogP contribution in [0.15, 0.2) is 18.6 Å². The molecule has 2 aliphatic rings. The molecule has 2 aliphatic heterocycles. The van der Waals surface area contributed by atoms with Crippen molar-refractivity contribution in [3.05, 3.63) is 18.6 Å². The second-order valence-electron chi connectivity index (χ2n) is 5.82. The van der Waals surface area contributed by atoms with E-state index in [2.05, 4.69) is 33.6 Å². The standard InChI is InChI=1S/C14H20N4O/c1-10(2)9-18-11-3-6-17(12(11)7-14(18)19)13-8-15-4-5-16-13/h4-5,8,10-12H,3,6-7,9H2,1-2H3/t11-,12+/m1/s1. The quantitative estimate of drug-likeness (QED) is 0.822. The summed E-state index contributed by atoms with van der Waals surface area (Å²) < 4.78 is 0. The first-order chi connectivity index (χ1) is 9.16. The molecule has 0 bridgehead atoms. The molecule has 1 aromatic rings. The normalized spacial score (nSPS) is 26.4. The van der Waals surface area contributed by atoms with Gasteiger partial charge in [0, 0.05) is 31.9 Å². The van der Waals surface area contributed by atoms with Crippen LogP contribution in [0.3, 0.4) is 0 Å². The van der Waals surface area contributed by atoms with Gasteiger partial charge in [0.05, 0.1) is 18.3 Å². The SMILES string of the molecule is CC(C)CN1C(=O)C[C@H]2[C@H]1CCN2c1cnccn1. The molecule has 2 saturated heterocycles. The van der Waals surface area contributed by atoms with Gasteiger partial charge in [0.1, 0.15) is 5.82 Å². The van der Waals surface area contributed by atoms with E-state index in [9.17, 15) is 4.79 Å². The van der Waals surface area contributed by atoms with Crippen molar-refractivity contribution in [2.45, 2.75) is 38.8 Å². The summed E-state index contributed by atoms with van der Waals surface area (Å²) >= 11 is 0. The Labute approximate surface area is 113 Å². The van der Waals surface area contributed by atoms with Gasteiger partial charge in [-0.15, -0.1) is 0 Å². The Bertz CT molecular complexity index is 462. The molecule has 1 amide bonds. The molecule has 2 fully saturated rings. The monoisotopic (exact) mass is 260 g/mol. The number of fused-ring (bicyclic) bond motifs is 1. The minimum absolute atomic E-state index is 0.281. The zero-order chi connectivity index (χ0) is 13.4. The van der Waals surface area contributed by atoms with E-state index in [0.717, 1.165) is 25.3 Å². The van der Waals surface area contributed by atoms with E-state index in [1.165, 1.54) is 0 Å². The summed E-state index contributed by atoms with van der Waals surface area (Å²) in [5.74, 6) is 1.71. The van der Waals surface area contributed by atoms with Crippen LogP contribution in [0.4, 0.5) is 5.82 Å². The summed E-state index contributed by atoms with van der Waals surface area (Å²) in [7, 11) is 0. The first kappa shape index (κ1) is 12.4. The van der Waals surface area contributed by atoms with Crippen LogP contribution in [0, 0.1) is 5.92 Å². The lowest BCUT2D eigenvalue weighted by molar-refractivity contribution is -0.129. The van der Waals surface area contributed by atoms with Gasteiger partial charge < -0.3 is 9.80 Å². The number of carbonyl (C=O) groups excluding carboxylic acids is 1. The van der Waals surface area contributed by atoms with Gasteiger partial charge in [0.15, 0.2) is 0 Å². The van der Waals surface area contributed by atoms with Crippen LogP contribution in [-0.4, -0.2) is 45.9 Å². The second kappa shape index (κ2) is 4.79. The van der Waals surface area contributed by atoms with Crippen LogP contribution in [-0.2, 0) is 4.79 Å². The highest BCUT2D eigenvalue weighted by atomic mass is 16.2. The summed E-state index contributed by atoms with van der Waals surface area (Å²) in [5, 5.41) is 0. The Kier molecular flexibility index (Phi) is 3.12. The number of aromatic nitrogens is 2. The summed E-state index contributed by atoms with van der Waals surface area (Å²) in [4.78, 5) is 25.0. The van der Waals surface area contributed by atoms with Gasteiger partial charge in [-0.25, -0.2) is 4.98 Å². The smallest absolute Gasteiger partial charge is 0.225 e. The summed E-state index contributed by atoms with van der Waals surface area (Å²) in [6.07, 6.45) is 6.85. The maximum absolute atomic E-state index is 12.2. The predicted molar refractivity (Wildman–Crippen MR) is 72.7 cm³/mol. The molecule has 0 aliphatic carbocycles. The molecule has 19 heavy (non-hydrogen) atoms. The number of carbonyl (C=O) groups is 1. The molecule has 3 heterocycles. The van der Waals surface area contributed by atoms with E-state index in [-0.39, 0.29) is 11.9 Å². The van der Waals surface area contributed by atoms with Gasteiger partial charge in [0.2, 0.25) is 5.91 Å². The molecule has 102 valence electrons. The van der Waals surface area contributed by atoms with Gasteiger partial charge in [-0.1, -0.05) is 13.8 Å². The van der Waals surface area contributed by atoms with Gasteiger partial charge in [-0.2, -0.15) is 0 Å². The van der Waals surface area contributed by atoms with E-state index in [0.29, 0.717) is 18.4 Å². The van der Waals surface area contributed by atoms with Crippen LogP contribution < -0.4 is 4.90 Å². The third-order valence-corrected chi connectivity index (χ3v) is 4.02. The number of hydrogen-bond acceptors (Lipinski definition) is 4. The molecule has 5 heteroatoms. The van der Waals surface area contributed by atoms with Gasteiger partial charge >= 0.3 is 0 Å². The highest BCUT2D eigenvalue weighted by molar-refractivity contribution is 5.81. The lowest BCUT2D eigenvalue weighted by Crippen LogP contribution is -2.39. The maximum atomic E-state index is 12.2. The number of amides is 1. The van der Waals surface area contributed by atoms with Crippen LogP contribution in [0.25, 0.3) is 0 Å². The molecule has 0 N–H and O–H groups in total. The van der Waals surface area contributed by atoms with Crippen molar-refractivity contribution >= 4 is 11.7 Å². The highest BCUT2D eigenvalue weighted by Gasteiger charge is 2.47. The number of likely N-dealkylation sites (tertiary alicyclic amines) is 1. The lowest BCUT2D eigenvalue weighted by atomic mass is 10.1. The summed E-state index contributed by atoms with van der Waals surface area (Å²) in [6, 6.07) is 0.639. The van der Waals surface area contributed by atoms with Crippen molar-refractivity contribution in [1.29, 1.82) is 0 Å². The molecular formula is C14H20N4O. The zero-order valence-electron chi connectivity index (χ0n) is 11.5. The largest absolute Gasteiger partial charge is 0.350 e. The van der Waals surface area contributed by atoms with Crippen molar-refractivity contribution in [2.24, 2.45) is 5.92 Å². The Morgan fingerprint density at radius 3 is 2.89 bits per heavy atom. The van der Waals surface area contributed by atoms with Crippen molar-refractivity contribution in [1.82, 2.24) is 14.9 Å². The predicted octanol–water partition coefficient (Wildman–Crippen LogP) is 1.31. The fourth-order valence-electron chi connectivity index (χ4n) is 3.28. The minimum atomic E-state index is 0.281. The molecule has 0 radical (unpaired) electrons. The van der Waals surface area contributed by atoms with Crippen molar-refractivity contribution in [3.63, 3.8) is 0 Å². The first-order valence-corrected chi connectivity index (χ1v) is 6.99. The third kappa shape index (κ3) is 2.17. The Hall–Kier alpha value is -1.65. The maximum Gasteiger partial charge on any atom is 0.225 e. The molecule has 0 aromatic carbocycles. The number of nitrogens with zero attached hydrogens (tertiary/aromatic N) is 4. The van der Waals surface area contributed by atoms with Gasteiger partial charge in [-0.3, -0.25) is 9.78 Å². The van der Waals surface area contributed by atoms with E-state index < -0.39 is 0 Å². The van der Waals surface area contributed by atoms with E-state index in [4.69, 9.17) is 0 Å². The van der Waals surface area contributed by atoms with Crippen molar-refractivity contribution in [2.75, 3.05) is 18.0 Å². The summed E-state index contributed by atoms with van der Waals surface area (Å²) in [5.41, 5.74) is 0. The average molecular weight is 260 g/mol. The molecule has 3 rings (SSSR count). The average Bonchev–Trinajstić information content (AvgIpc) is 2.91. The van der Waals surface area contributed by atoms with Crippen molar-refractivity contribution in [3.8, 4) is 0 Å². The molecule has 0 saturated carbocycles. The summed E-state index contributed by atoms with van der Waals surface area (Å²) in [6.45, 7) is 6.16. The number of anilines is 1. The molecule has 2 atom stereocenters.